The van der Waals surface area contributed by atoms with E-state index in [4.69, 9.17) is 10.5 Å². The van der Waals surface area contributed by atoms with Gasteiger partial charge in [-0.15, -0.1) is 11.3 Å². The first kappa shape index (κ1) is 13.6. The number of nitrogens with zero attached hydrogens (tertiary/aromatic N) is 2. The summed E-state index contributed by atoms with van der Waals surface area (Å²) in [5, 5.41) is 0.739. The predicted molar refractivity (Wildman–Crippen MR) is 62.9 cm³/mol. The summed E-state index contributed by atoms with van der Waals surface area (Å²) in [6.07, 6.45) is -3.10. The number of halogens is 3. The third kappa shape index (κ3) is 3.33. The lowest BCUT2D eigenvalue weighted by molar-refractivity contribution is -0.147. The summed E-state index contributed by atoms with van der Waals surface area (Å²) in [6, 6.07) is -1.82. The molecule has 0 spiro atoms. The van der Waals surface area contributed by atoms with E-state index in [-0.39, 0.29) is 6.42 Å². The van der Waals surface area contributed by atoms with Crippen molar-refractivity contribution in [2.24, 2.45) is 5.73 Å². The molecule has 1 saturated heterocycles. The van der Waals surface area contributed by atoms with E-state index in [1.807, 2.05) is 4.90 Å². The average molecular weight is 281 g/mol. The van der Waals surface area contributed by atoms with Gasteiger partial charge >= 0.3 is 6.18 Å². The lowest BCUT2D eigenvalue weighted by Crippen LogP contribution is -2.38. The SMILES string of the molecule is NC(Cc1cnc(N2CCOCC2)s1)C(F)(F)F. The van der Waals surface area contributed by atoms with E-state index in [9.17, 15) is 13.2 Å². The summed E-state index contributed by atoms with van der Waals surface area (Å²) in [4.78, 5) is 6.71. The second kappa shape index (κ2) is 5.41. The topological polar surface area (TPSA) is 51.4 Å². The molecule has 1 aromatic rings. The van der Waals surface area contributed by atoms with Gasteiger partial charge in [0.15, 0.2) is 5.13 Å². The molecule has 102 valence electrons. The molecule has 2 N–H and O–H groups in total. The summed E-state index contributed by atoms with van der Waals surface area (Å²) < 4.78 is 42.2. The zero-order valence-corrected chi connectivity index (χ0v) is 10.4. The minimum absolute atomic E-state index is 0.217. The van der Waals surface area contributed by atoms with Gasteiger partial charge in [-0.3, -0.25) is 0 Å². The Kier molecular flexibility index (Phi) is 4.08. The molecule has 1 aliphatic heterocycles. The number of alkyl halides is 3. The van der Waals surface area contributed by atoms with Crippen LogP contribution in [0, 0.1) is 0 Å². The normalized spacial score (nSPS) is 19.0. The number of thiazole rings is 1. The van der Waals surface area contributed by atoms with E-state index >= 15 is 0 Å². The van der Waals surface area contributed by atoms with E-state index in [1.54, 1.807) is 0 Å². The quantitative estimate of drug-likeness (QED) is 0.910. The zero-order valence-electron chi connectivity index (χ0n) is 9.61. The highest BCUT2D eigenvalue weighted by molar-refractivity contribution is 7.15. The fourth-order valence-electron chi connectivity index (χ4n) is 1.62. The first-order valence-electron chi connectivity index (χ1n) is 5.56. The van der Waals surface area contributed by atoms with Crippen LogP contribution in [0.4, 0.5) is 18.3 Å². The van der Waals surface area contributed by atoms with Crippen molar-refractivity contribution in [1.82, 2.24) is 4.98 Å². The molecule has 0 radical (unpaired) electrons. The van der Waals surface area contributed by atoms with Crippen molar-refractivity contribution in [3.05, 3.63) is 11.1 Å². The van der Waals surface area contributed by atoms with Gasteiger partial charge < -0.3 is 15.4 Å². The monoisotopic (exact) mass is 281 g/mol. The molecule has 0 aliphatic carbocycles. The molecule has 4 nitrogen and oxygen atoms in total. The van der Waals surface area contributed by atoms with Gasteiger partial charge in [-0.1, -0.05) is 0 Å². The maximum absolute atomic E-state index is 12.3. The Balaban J connectivity index is 1.97. The third-order valence-electron chi connectivity index (χ3n) is 2.66. The van der Waals surface area contributed by atoms with Crippen LogP contribution in [0.15, 0.2) is 6.20 Å². The van der Waals surface area contributed by atoms with Crippen LogP contribution in [-0.4, -0.2) is 43.5 Å². The molecule has 2 heterocycles. The fraction of sp³-hybridized carbons (Fsp3) is 0.700. The van der Waals surface area contributed by atoms with Gasteiger partial charge in [0.25, 0.3) is 0 Å². The third-order valence-corrected chi connectivity index (χ3v) is 3.74. The largest absolute Gasteiger partial charge is 0.403 e. The summed E-state index contributed by atoms with van der Waals surface area (Å²) in [5.74, 6) is 0. The van der Waals surface area contributed by atoms with Gasteiger partial charge in [-0.2, -0.15) is 13.2 Å². The van der Waals surface area contributed by atoms with Crippen LogP contribution in [0.1, 0.15) is 4.88 Å². The second-order valence-electron chi connectivity index (χ2n) is 4.06. The highest BCUT2D eigenvalue weighted by atomic mass is 32.1. The maximum atomic E-state index is 12.3. The van der Waals surface area contributed by atoms with Crippen LogP contribution < -0.4 is 10.6 Å². The molecule has 0 amide bonds. The molecule has 0 aromatic carbocycles. The van der Waals surface area contributed by atoms with Crippen molar-refractivity contribution in [3.63, 3.8) is 0 Å². The first-order valence-corrected chi connectivity index (χ1v) is 6.38. The minimum atomic E-state index is -4.36. The number of nitrogens with two attached hydrogens (primary N) is 1. The highest BCUT2D eigenvalue weighted by Crippen LogP contribution is 2.27. The predicted octanol–water partition coefficient (Wildman–Crippen LogP) is 1.41. The van der Waals surface area contributed by atoms with Crippen LogP contribution in [0.3, 0.4) is 0 Å². The molecule has 1 aromatic heterocycles. The van der Waals surface area contributed by atoms with E-state index in [1.165, 1.54) is 17.5 Å². The van der Waals surface area contributed by atoms with Crippen LogP contribution in [0.25, 0.3) is 0 Å². The highest BCUT2D eigenvalue weighted by Gasteiger charge is 2.37. The van der Waals surface area contributed by atoms with Crippen molar-refractivity contribution in [1.29, 1.82) is 0 Å². The number of ether oxygens (including phenoxy) is 1. The summed E-state index contributed by atoms with van der Waals surface area (Å²) in [5.41, 5.74) is 5.09. The van der Waals surface area contributed by atoms with Crippen LogP contribution >= 0.6 is 11.3 Å². The van der Waals surface area contributed by atoms with Gasteiger partial charge in [0, 0.05) is 30.6 Å². The molecule has 2 rings (SSSR count). The molecule has 18 heavy (non-hydrogen) atoms. The average Bonchev–Trinajstić information content (AvgIpc) is 2.77. The first-order chi connectivity index (χ1) is 8.47. The van der Waals surface area contributed by atoms with E-state index in [2.05, 4.69) is 4.98 Å². The van der Waals surface area contributed by atoms with Gasteiger partial charge in [0.05, 0.1) is 13.2 Å². The van der Waals surface area contributed by atoms with Gasteiger partial charge in [0.1, 0.15) is 6.04 Å². The molecule has 0 bridgehead atoms. The van der Waals surface area contributed by atoms with Crippen LogP contribution in [0.5, 0.6) is 0 Å². The molecule has 1 unspecified atom stereocenters. The van der Waals surface area contributed by atoms with Crippen molar-refractivity contribution in [2.75, 3.05) is 31.2 Å². The fourth-order valence-corrected chi connectivity index (χ4v) is 2.64. The van der Waals surface area contributed by atoms with E-state index < -0.39 is 12.2 Å². The zero-order chi connectivity index (χ0) is 13.2. The summed E-state index contributed by atoms with van der Waals surface area (Å²) in [6.45, 7) is 2.69. The Hall–Kier alpha value is -0.860. The van der Waals surface area contributed by atoms with Crippen molar-refractivity contribution >= 4 is 16.5 Å². The lowest BCUT2D eigenvalue weighted by Gasteiger charge is -2.26. The molecule has 1 fully saturated rings. The van der Waals surface area contributed by atoms with Gasteiger partial charge in [0.2, 0.25) is 0 Å². The van der Waals surface area contributed by atoms with Crippen molar-refractivity contribution in [2.45, 2.75) is 18.6 Å². The van der Waals surface area contributed by atoms with Crippen molar-refractivity contribution < 1.29 is 17.9 Å². The number of hydrogen-bond donors (Lipinski definition) is 1. The molecule has 8 heteroatoms. The number of aromatic nitrogens is 1. The molecule has 1 aliphatic rings. The molecule has 0 saturated carbocycles. The summed E-state index contributed by atoms with van der Waals surface area (Å²) in [7, 11) is 0. The Morgan fingerprint density at radius 3 is 2.72 bits per heavy atom. The number of anilines is 1. The second-order valence-corrected chi connectivity index (χ2v) is 5.15. The number of rotatable bonds is 3. The smallest absolute Gasteiger partial charge is 0.378 e. The van der Waals surface area contributed by atoms with Crippen LogP contribution in [-0.2, 0) is 11.2 Å². The molecular weight excluding hydrogens is 267 g/mol. The minimum Gasteiger partial charge on any atom is -0.378 e. The maximum Gasteiger partial charge on any atom is 0.403 e. The Morgan fingerprint density at radius 1 is 1.44 bits per heavy atom. The Labute approximate surface area is 107 Å². The number of hydrogen-bond acceptors (Lipinski definition) is 5. The summed E-state index contributed by atoms with van der Waals surface area (Å²) >= 11 is 1.26. The lowest BCUT2D eigenvalue weighted by atomic mass is 10.2. The number of morpholine rings is 1. The van der Waals surface area contributed by atoms with Crippen LogP contribution in [0.2, 0.25) is 0 Å². The standard InChI is InChI=1S/C10H14F3N3OS/c11-10(12,13)8(14)5-7-6-15-9(18-7)16-1-3-17-4-2-16/h6,8H,1-5,14H2. The van der Waals surface area contributed by atoms with E-state index in [0.717, 1.165) is 18.2 Å². The van der Waals surface area contributed by atoms with Gasteiger partial charge in [-0.25, -0.2) is 4.98 Å². The molecule has 1 atom stereocenters. The Morgan fingerprint density at radius 2 is 2.11 bits per heavy atom. The Bertz CT molecular complexity index is 390. The van der Waals surface area contributed by atoms with E-state index in [0.29, 0.717) is 18.1 Å². The van der Waals surface area contributed by atoms with Crippen molar-refractivity contribution in [3.8, 4) is 0 Å². The van der Waals surface area contributed by atoms with Gasteiger partial charge in [-0.05, 0) is 0 Å². The molecular formula is C10H14F3N3OS.